The first-order valence-corrected chi connectivity index (χ1v) is 8.81. The quantitative estimate of drug-likeness (QED) is 0.680. The van der Waals surface area contributed by atoms with Crippen LogP contribution < -0.4 is 10.6 Å². The maximum Gasteiger partial charge on any atom is 0.338 e. The van der Waals surface area contributed by atoms with Crippen LogP contribution in [0, 0.1) is 0 Å². The lowest BCUT2D eigenvalue weighted by Crippen LogP contribution is -2.41. The van der Waals surface area contributed by atoms with Crippen molar-refractivity contribution >= 4 is 11.9 Å². The molecule has 2 atom stereocenters. The van der Waals surface area contributed by atoms with Crippen LogP contribution in [-0.4, -0.2) is 76.8 Å². The zero-order valence-electron chi connectivity index (χ0n) is 14.6. The Hall–Kier alpha value is -2.00. The fraction of sp³-hybridized carbons (Fsp3) is 0.556. The molecule has 2 heterocycles. The summed E-state index contributed by atoms with van der Waals surface area (Å²) in [6, 6.07) is 6.21. The van der Waals surface area contributed by atoms with Gasteiger partial charge in [0.2, 0.25) is 0 Å². The van der Waals surface area contributed by atoms with Crippen molar-refractivity contribution in [2.24, 2.45) is 0 Å². The summed E-state index contributed by atoms with van der Waals surface area (Å²) in [7, 11) is 0. The van der Waals surface area contributed by atoms with Gasteiger partial charge in [0.25, 0.3) is 0 Å². The third kappa shape index (κ3) is 5.50. The van der Waals surface area contributed by atoms with Gasteiger partial charge in [0.1, 0.15) is 25.4 Å². The molecule has 1 aromatic rings. The largest absolute Gasteiger partial charge is 0.459 e. The third-order valence-corrected chi connectivity index (χ3v) is 4.17. The van der Waals surface area contributed by atoms with Crippen LogP contribution in [0.25, 0.3) is 0 Å². The molecule has 3 rings (SSSR count). The van der Waals surface area contributed by atoms with E-state index in [1.54, 1.807) is 24.3 Å². The fourth-order valence-electron chi connectivity index (χ4n) is 2.70. The van der Waals surface area contributed by atoms with E-state index in [9.17, 15) is 9.59 Å². The van der Waals surface area contributed by atoms with Crippen molar-refractivity contribution in [2.75, 3.05) is 52.6 Å². The number of nitrogens with one attached hydrogen (secondary N) is 2. The summed E-state index contributed by atoms with van der Waals surface area (Å²) in [6.07, 6.45) is -0.253. The van der Waals surface area contributed by atoms with Gasteiger partial charge in [-0.2, -0.15) is 0 Å². The highest BCUT2D eigenvalue weighted by molar-refractivity contribution is 5.93. The minimum absolute atomic E-state index is 0.126. The molecule has 2 unspecified atom stereocenters. The summed E-state index contributed by atoms with van der Waals surface area (Å²) in [5.74, 6) is -0.887. The molecule has 0 spiro atoms. The van der Waals surface area contributed by atoms with Gasteiger partial charge in [0.05, 0.1) is 24.3 Å². The topological polar surface area (TPSA) is 95.1 Å². The molecular weight excluding hydrogens is 340 g/mol. The van der Waals surface area contributed by atoms with Crippen molar-refractivity contribution < 1.29 is 28.5 Å². The molecular formula is C18H24N2O6. The predicted molar refractivity (Wildman–Crippen MR) is 92.2 cm³/mol. The zero-order valence-corrected chi connectivity index (χ0v) is 14.6. The number of hydrogen-bond acceptors (Lipinski definition) is 8. The number of esters is 2. The maximum atomic E-state index is 12.1. The molecule has 26 heavy (non-hydrogen) atoms. The van der Waals surface area contributed by atoms with Crippen LogP contribution >= 0.6 is 0 Å². The molecule has 2 fully saturated rings. The minimum Gasteiger partial charge on any atom is -0.459 e. The Morgan fingerprint density at radius 3 is 1.62 bits per heavy atom. The van der Waals surface area contributed by atoms with E-state index < -0.39 is 11.9 Å². The fourth-order valence-corrected chi connectivity index (χ4v) is 2.70. The van der Waals surface area contributed by atoms with E-state index >= 15 is 0 Å². The summed E-state index contributed by atoms with van der Waals surface area (Å²) < 4.78 is 21.5. The Bertz CT molecular complexity index is 541. The van der Waals surface area contributed by atoms with Crippen LogP contribution in [0.3, 0.4) is 0 Å². The number of benzene rings is 1. The normalized spacial score (nSPS) is 23.2. The van der Waals surface area contributed by atoms with Crippen molar-refractivity contribution in [3.63, 3.8) is 0 Å². The van der Waals surface area contributed by atoms with Gasteiger partial charge in [-0.25, -0.2) is 9.59 Å². The molecule has 0 amide bonds. The van der Waals surface area contributed by atoms with Gasteiger partial charge in [-0.1, -0.05) is 0 Å². The number of hydrogen-bond donors (Lipinski definition) is 2. The smallest absolute Gasteiger partial charge is 0.338 e. The van der Waals surface area contributed by atoms with Crippen LogP contribution in [0.1, 0.15) is 20.7 Å². The molecule has 8 heteroatoms. The molecule has 2 aliphatic heterocycles. The van der Waals surface area contributed by atoms with E-state index in [4.69, 9.17) is 18.9 Å². The van der Waals surface area contributed by atoms with Gasteiger partial charge in [-0.3, -0.25) is 0 Å². The maximum absolute atomic E-state index is 12.1. The summed E-state index contributed by atoms with van der Waals surface area (Å²) in [4.78, 5) is 24.1. The van der Waals surface area contributed by atoms with Gasteiger partial charge in [-0.05, 0) is 24.3 Å². The Balaban J connectivity index is 1.44. The van der Waals surface area contributed by atoms with Crippen LogP contribution in [0.4, 0.5) is 0 Å². The highest BCUT2D eigenvalue weighted by Crippen LogP contribution is 2.09. The molecule has 0 bridgehead atoms. The lowest BCUT2D eigenvalue weighted by atomic mass is 10.1. The number of morpholine rings is 2. The summed E-state index contributed by atoms with van der Waals surface area (Å²) >= 11 is 0. The first kappa shape index (κ1) is 18.8. The Kier molecular flexibility index (Phi) is 6.96. The Morgan fingerprint density at radius 1 is 0.846 bits per heavy atom. The molecule has 142 valence electrons. The summed E-state index contributed by atoms with van der Waals surface area (Å²) in [5, 5.41) is 6.35. The predicted octanol–water partition coefficient (Wildman–Crippen LogP) is -0.0230. The summed E-state index contributed by atoms with van der Waals surface area (Å²) in [5.41, 5.74) is 0.760. The van der Waals surface area contributed by atoms with E-state index in [1.807, 2.05) is 0 Å². The van der Waals surface area contributed by atoms with Gasteiger partial charge in [0, 0.05) is 26.2 Å². The number of rotatable bonds is 6. The third-order valence-electron chi connectivity index (χ3n) is 4.17. The molecule has 2 saturated heterocycles. The average Bonchev–Trinajstić information content (AvgIpc) is 2.72. The second-order valence-electron chi connectivity index (χ2n) is 6.17. The van der Waals surface area contributed by atoms with Crippen molar-refractivity contribution in [1.82, 2.24) is 10.6 Å². The highest BCUT2D eigenvalue weighted by atomic mass is 16.6. The van der Waals surface area contributed by atoms with Crippen LogP contribution in [-0.2, 0) is 18.9 Å². The van der Waals surface area contributed by atoms with Crippen LogP contribution in [0.15, 0.2) is 24.3 Å². The number of ether oxygens (including phenoxy) is 4. The minimum atomic E-state index is -0.444. The monoisotopic (exact) mass is 364 g/mol. The van der Waals surface area contributed by atoms with Crippen LogP contribution in [0.5, 0.6) is 0 Å². The second-order valence-corrected chi connectivity index (χ2v) is 6.17. The van der Waals surface area contributed by atoms with E-state index in [0.717, 1.165) is 13.1 Å². The van der Waals surface area contributed by atoms with Crippen molar-refractivity contribution in [2.45, 2.75) is 12.2 Å². The highest BCUT2D eigenvalue weighted by Gasteiger charge is 2.18. The molecule has 1 aromatic carbocycles. The second kappa shape index (κ2) is 9.63. The SMILES string of the molecule is O=C(OCC1CNCCO1)c1ccc(C(=O)OCC2CNCCO2)cc1. The number of carbonyl (C=O) groups excluding carboxylic acids is 2. The molecule has 8 nitrogen and oxygen atoms in total. The Labute approximate surface area is 152 Å². The molecule has 2 aliphatic rings. The molecule has 0 radical (unpaired) electrons. The Morgan fingerprint density at radius 2 is 1.27 bits per heavy atom. The summed E-state index contributed by atoms with van der Waals surface area (Å²) in [6.45, 7) is 4.57. The molecule has 0 saturated carbocycles. The van der Waals surface area contributed by atoms with Gasteiger partial charge in [-0.15, -0.1) is 0 Å². The van der Waals surface area contributed by atoms with Gasteiger partial charge >= 0.3 is 11.9 Å². The van der Waals surface area contributed by atoms with Crippen molar-refractivity contribution in [1.29, 1.82) is 0 Å². The molecule has 2 N–H and O–H groups in total. The van der Waals surface area contributed by atoms with E-state index in [1.165, 1.54) is 0 Å². The molecule has 0 aliphatic carbocycles. The first-order chi connectivity index (χ1) is 12.7. The van der Waals surface area contributed by atoms with E-state index in [0.29, 0.717) is 37.4 Å². The van der Waals surface area contributed by atoms with Crippen molar-refractivity contribution in [3.8, 4) is 0 Å². The zero-order chi connectivity index (χ0) is 18.2. The van der Waals surface area contributed by atoms with Gasteiger partial charge in [0.15, 0.2) is 0 Å². The van der Waals surface area contributed by atoms with E-state index in [2.05, 4.69) is 10.6 Å². The van der Waals surface area contributed by atoms with Gasteiger partial charge < -0.3 is 29.6 Å². The lowest BCUT2D eigenvalue weighted by molar-refractivity contribution is -0.0217. The molecule has 0 aromatic heterocycles. The lowest BCUT2D eigenvalue weighted by Gasteiger charge is -2.23. The standard InChI is InChI=1S/C18H24N2O6/c21-17(25-11-15-9-19-5-7-23-15)13-1-2-14(4-3-13)18(22)26-12-16-10-20-6-8-24-16/h1-4,15-16,19-20H,5-12H2. The number of carbonyl (C=O) groups is 2. The van der Waals surface area contributed by atoms with Crippen molar-refractivity contribution in [3.05, 3.63) is 35.4 Å². The average molecular weight is 364 g/mol. The van der Waals surface area contributed by atoms with Crippen LogP contribution in [0.2, 0.25) is 0 Å². The van der Waals surface area contributed by atoms with E-state index in [-0.39, 0.29) is 25.4 Å². The first-order valence-electron chi connectivity index (χ1n) is 8.81.